The average molecular weight is 855 g/mol. The normalized spacial score (nSPS) is 34.8. The number of phenols is 1. The summed E-state index contributed by atoms with van der Waals surface area (Å²) in [6, 6.07) is 8.90. The Bertz CT molecular complexity index is 1800. The maximum absolute atomic E-state index is 12.5. The maximum atomic E-state index is 12.5. The smallest absolute Gasteiger partial charge is 0.229 e. The number of aromatic hydroxyl groups is 1. The number of carbonyl (C=O) groups is 2. The zero-order chi connectivity index (χ0) is 43.8. The molecule has 3 fully saturated rings. The summed E-state index contributed by atoms with van der Waals surface area (Å²) in [7, 11) is 2.70. The van der Waals surface area contributed by atoms with Crippen LogP contribution in [-0.4, -0.2) is 194 Å². The van der Waals surface area contributed by atoms with E-state index in [9.17, 15) is 65.8 Å². The van der Waals surface area contributed by atoms with Crippen molar-refractivity contribution in [2.24, 2.45) is 0 Å². The molecule has 2 aromatic carbocycles. The van der Waals surface area contributed by atoms with Gasteiger partial charge in [-0.25, -0.2) is 0 Å². The summed E-state index contributed by atoms with van der Waals surface area (Å²) >= 11 is 0. The molecule has 0 unspecified atom stereocenters. The lowest BCUT2D eigenvalue weighted by molar-refractivity contribution is -0.339. The second kappa shape index (κ2) is 21.1. The Morgan fingerprint density at radius 3 is 1.50 bits per heavy atom. The highest BCUT2D eigenvalue weighted by Gasteiger charge is 2.49. The van der Waals surface area contributed by atoms with Gasteiger partial charge >= 0.3 is 0 Å². The minimum absolute atomic E-state index is 0.00449. The van der Waals surface area contributed by atoms with Crippen molar-refractivity contribution in [3.8, 4) is 23.0 Å². The van der Waals surface area contributed by atoms with Crippen LogP contribution in [0.1, 0.15) is 17.5 Å². The molecule has 11 N–H and O–H groups in total. The number of benzene rings is 2. The molecular weight excluding hydrogens is 804 g/mol. The van der Waals surface area contributed by atoms with Gasteiger partial charge in [0.1, 0.15) is 73.2 Å². The van der Waals surface area contributed by atoms with Gasteiger partial charge in [-0.3, -0.25) is 9.59 Å². The highest BCUT2D eigenvalue weighted by molar-refractivity contribution is 6.10. The van der Waals surface area contributed by atoms with E-state index in [-0.39, 0.29) is 23.0 Å². The van der Waals surface area contributed by atoms with Crippen LogP contribution >= 0.6 is 0 Å². The van der Waals surface area contributed by atoms with Crippen molar-refractivity contribution >= 4 is 23.7 Å². The van der Waals surface area contributed by atoms with E-state index in [1.165, 1.54) is 68.9 Å². The Kier molecular flexibility index (Phi) is 16.5. The summed E-state index contributed by atoms with van der Waals surface area (Å²) in [5.41, 5.74) is 1.03. The number of carbonyl (C=O) groups excluding carboxylic acids is 2. The minimum atomic E-state index is -1.87. The van der Waals surface area contributed by atoms with Gasteiger partial charge in [0.25, 0.3) is 0 Å². The predicted molar refractivity (Wildman–Crippen MR) is 200 cm³/mol. The van der Waals surface area contributed by atoms with Crippen LogP contribution in [0.2, 0.25) is 0 Å². The van der Waals surface area contributed by atoms with Gasteiger partial charge in [-0.05, 0) is 47.5 Å². The second-order valence-corrected chi connectivity index (χ2v) is 14.1. The summed E-state index contributed by atoms with van der Waals surface area (Å²) in [4.78, 5) is 24.9. The van der Waals surface area contributed by atoms with Crippen LogP contribution in [0.4, 0.5) is 0 Å². The first-order valence-corrected chi connectivity index (χ1v) is 18.6. The quantitative estimate of drug-likeness (QED) is 0.0543. The molecular formula is C39H50O21. The number of aliphatic hydroxyl groups is 10. The van der Waals surface area contributed by atoms with Gasteiger partial charge in [-0.15, -0.1) is 0 Å². The number of rotatable bonds is 17. The Labute approximate surface area is 342 Å². The van der Waals surface area contributed by atoms with Crippen LogP contribution in [0, 0.1) is 0 Å². The fraction of sp³-hybridized carbons (Fsp3) is 0.538. The molecule has 0 radical (unpaired) electrons. The van der Waals surface area contributed by atoms with Gasteiger partial charge in [-0.1, -0.05) is 24.3 Å². The molecule has 332 valence electrons. The van der Waals surface area contributed by atoms with Crippen LogP contribution < -0.4 is 14.2 Å². The van der Waals surface area contributed by atoms with Gasteiger partial charge in [0.05, 0.1) is 40.5 Å². The summed E-state index contributed by atoms with van der Waals surface area (Å²) in [6.07, 6.45) is -20.3. The fourth-order valence-electron chi connectivity index (χ4n) is 6.40. The number of ether oxygens (including phenoxy) is 8. The van der Waals surface area contributed by atoms with Crippen LogP contribution in [0.5, 0.6) is 23.0 Å². The SMILES string of the molecule is COc1cc(/C=C/C(=O)CC(=O)/C=C/c2ccc(O[C@@H]3O[C@H](CO[C@@H]4O[C@H](CO[C@@H]5O[C@H](CO)[C@@H](O)[C@H](O)[C@H]5O)[C@@H](O)[C@H](O)[C@H]4O)[C@@H](O)[C@H](O)[C@H]3O)c(OC)c2)ccc1O. The minimum Gasteiger partial charge on any atom is -0.504 e. The first-order valence-electron chi connectivity index (χ1n) is 18.6. The summed E-state index contributed by atoms with van der Waals surface area (Å²) in [6.45, 7) is -2.00. The van der Waals surface area contributed by atoms with Crippen LogP contribution in [-0.2, 0) is 33.3 Å². The molecule has 60 heavy (non-hydrogen) atoms. The number of hydrogen-bond donors (Lipinski definition) is 11. The molecule has 0 amide bonds. The largest absolute Gasteiger partial charge is 0.504 e. The molecule has 0 aliphatic carbocycles. The number of ketones is 2. The predicted octanol–water partition coefficient (Wildman–Crippen LogP) is -3.51. The monoisotopic (exact) mass is 854 g/mol. The van der Waals surface area contributed by atoms with E-state index in [4.69, 9.17) is 37.9 Å². The topological polar surface area (TPSA) is 331 Å². The van der Waals surface area contributed by atoms with Crippen molar-refractivity contribution in [2.75, 3.05) is 34.0 Å². The van der Waals surface area contributed by atoms with E-state index in [0.29, 0.717) is 11.1 Å². The Hall–Kier alpha value is -4.14. The third-order valence-corrected chi connectivity index (χ3v) is 9.94. The zero-order valence-electron chi connectivity index (χ0n) is 32.3. The summed E-state index contributed by atoms with van der Waals surface area (Å²) in [5, 5.41) is 113. The molecule has 15 atom stereocenters. The standard InChI is InChI=1S/C39H50O21/c1-53-23-11-17(5-9-21(23)43)3-7-19(41)13-20(42)8-4-18-6-10-22(24(12-18)54-2)57-39-36(52)33(49)30(46)27(60-39)16-56-38-35(51)32(48)29(45)26(59-38)15-55-37-34(50)31(47)28(44)25(14-40)58-37/h3-12,25-40,43-52H,13-16H2,1-2H3/b7-3+,8-4+/t25-,26-,27-,28-,29-,30-,31+,32+,33+,34-,35-,36-,37-,38-,39-/m1/s1. The molecule has 3 saturated heterocycles. The number of hydrogen-bond acceptors (Lipinski definition) is 21. The van der Waals surface area contributed by atoms with Crippen molar-refractivity contribution in [3.05, 3.63) is 59.7 Å². The van der Waals surface area contributed by atoms with Crippen LogP contribution in [0.15, 0.2) is 48.6 Å². The van der Waals surface area contributed by atoms with Gasteiger partial charge in [-0.2, -0.15) is 0 Å². The van der Waals surface area contributed by atoms with Crippen molar-refractivity contribution < 1.29 is 104 Å². The van der Waals surface area contributed by atoms with E-state index >= 15 is 0 Å². The van der Waals surface area contributed by atoms with E-state index < -0.39 is 130 Å². The van der Waals surface area contributed by atoms with E-state index in [2.05, 4.69) is 0 Å². The fourth-order valence-corrected chi connectivity index (χ4v) is 6.40. The zero-order valence-corrected chi connectivity index (χ0v) is 32.3. The Morgan fingerprint density at radius 1 is 0.567 bits per heavy atom. The second-order valence-electron chi connectivity index (χ2n) is 14.1. The van der Waals surface area contributed by atoms with Crippen molar-refractivity contribution in [3.63, 3.8) is 0 Å². The lowest BCUT2D eigenvalue weighted by atomic mass is 9.98. The highest BCUT2D eigenvalue weighted by atomic mass is 16.7. The van der Waals surface area contributed by atoms with Crippen LogP contribution in [0.3, 0.4) is 0 Å². The van der Waals surface area contributed by atoms with Crippen molar-refractivity contribution in [2.45, 2.75) is 98.5 Å². The molecule has 2 aromatic rings. The molecule has 3 aliphatic heterocycles. The summed E-state index contributed by atoms with van der Waals surface area (Å²) in [5.74, 6) is -0.708. The first kappa shape index (κ1) is 46.9. The molecule has 3 heterocycles. The molecule has 21 heteroatoms. The summed E-state index contributed by atoms with van der Waals surface area (Å²) < 4.78 is 43.8. The molecule has 5 rings (SSSR count). The average Bonchev–Trinajstić information content (AvgIpc) is 3.24. The third-order valence-electron chi connectivity index (χ3n) is 9.94. The molecule has 0 aromatic heterocycles. The lowest BCUT2D eigenvalue weighted by Gasteiger charge is -2.43. The number of methoxy groups -OCH3 is 2. The van der Waals surface area contributed by atoms with Gasteiger partial charge < -0.3 is 94.1 Å². The van der Waals surface area contributed by atoms with E-state index in [1.807, 2.05) is 0 Å². The molecule has 0 saturated carbocycles. The number of allylic oxidation sites excluding steroid dienone is 2. The van der Waals surface area contributed by atoms with Gasteiger partial charge in [0, 0.05) is 0 Å². The van der Waals surface area contributed by atoms with E-state index in [0.717, 1.165) is 0 Å². The molecule has 0 spiro atoms. The number of phenolic OH excluding ortho intramolecular Hbond substituents is 1. The van der Waals surface area contributed by atoms with Crippen molar-refractivity contribution in [1.82, 2.24) is 0 Å². The maximum Gasteiger partial charge on any atom is 0.229 e. The first-order chi connectivity index (χ1) is 28.6. The molecule has 3 aliphatic rings. The Morgan fingerprint density at radius 2 is 1.00 bits per heavy atom. The number of aliphatic hydroxyl groups excluding tert-OH is 10. The van der Waals surface area contributed by atoms with Gasteiger partial charge in [0.15, 0.2) is 47.1 Å². The molecule has 21 nitrogen and oxygen atoms in total. The van der Waals surface area contributed by atoms with E-state index in [1.54, 1.807) is 6.07 Å². The third kappa shape index (κ3) is 11.2. The lowest BCUT2D eigenvalue weighted by Crippen LogP contribution is -2.63. The Balaban J connectivity index is 1.16. The van der Waals surface area contributed by atoms with Crippen molar-refractivity contribution in [1.29, 1.82) is 0 Å². The molecule has 0 bridgehead atoms. The van der Waals surface area contributed by atoms with Crippen LogP contribution in [0.25, 0.3) is 12.2 Å². The van der Waals surface area contributed by atoms with Gasteiger partial charge in [0.2, 0.25) is 6.29 Å². The highest BCUT2D eigenvalue weighted by Crippen LogP contribution is 2.33.